The molecule has 0 aromatic carbocycles. The van der Waals surface area contributed by atoms with Gasteiger partial charge in [0.15, 0.2) is 5.96 Å². The van der Waals surface area contributed by atoms with Crippen molar-refractivity contribution in [2.24, 2.45) is 16.8 Å². The fourth-order valence-electron chi connectivity index (χ4n) is 5.49. The van der Waals surface area contributed by atoms with Gasteiger partial charge in [0.25, 0.3) is 0 Å². The van der Waals surface area contributed by atoms with Gasteiger partial charge in [-0.3, -0.25) is 9.69 Å². The Labute approximate surface area is 169 Å². The van der Waals surface area contributed by atoms with E-state index in [2.05, 4.69) is 20.1 Å². The lowest BCUT2D eigenvalue weighted by molar-refractivity contribution is -0.127. The summed E-state index contributed by atoms with van der Waals surface area (Å²) in [6.07, 6.45) is 8.30. The zero-order chi connectivity index (χ0) is 19.5. The number of carbonyl (C=O) groups excluding carboxylic acids is 1. The van der Waals surface area contributed by atoms with Crippen LogP contribution in [-0.4, -0.2) is 98.7 Å². The van der Waals surface area contributed by atoms with Crippen LogP contribution in [0.1, 0.15) is 38.5 Å². The first kappa shape index (κ1) is 20.0. The molecule has 4 atom stereocenters. The lowest BCUT2D eigenvalue weighted by Crippen LogP contribution is -2.56. The van der Waals surface area contributed by atoms with Gasteiger partial charge in [-0.25, -0.2) is 4.99 Å². The molecule has 4 aliphatic rings. The predicted octanol–water partition coefficient (Wildman–Crippen LogP) is 1.01. The minimum Gasteiger partial charge on any atom is -0.376 e. The molecule has 2 aliphatic carbocycles. The van der Waals surface area contributed by atoms with E-state index in [0.29, 0.717) is 0 Å². The fourth-order valence-corrected chi connectivity index (χ4v) is 5.49. The van der Waals surface area contributed by atoms with Crippen LogP contribution in [0, 0.1) is 11.8 Å². The fraction of sp³-hybridized carbons (Fsp3) is 0.905. The van der Waals surface area contributed by atoms with Gasteiger partial charge in [-0.2, -0.15) is 0 Å². The summed E-state index contributed by atoms with van der Waals surface area (Å²) in [6.45, 7) is 6.03. The lowest BCUT2D eigenvalue weighted by Gasteiger charge is -2.42. The second kappa shape index (κ2) is 8.99. The summed E-state index contributed by atoms with van der Waals surface area (Å²) in [5.41, 5.74) is 0. The van der Waals surface area contributed by atoms with Crippen LogP contribution in [0.2, 0.25) is 0 Å². The number of rotatable bonds is 5. The number of hydrogen-bond acceptors (Lipinski definition) is 4. The largest absolute Gasteiger partial charge is 0.376 e. The second-order valence-corrected chi connectivity index (χ2v) is 9.21. The molecule has 7 nitrogen and oxygen atoms in total. The highest BCUT2D eigenvalue weighted by Crippen LogP contribution is 2.46. The summed E-state index contributed by atoms with van der Waals surface area (Å²) in [4.78, 5) is 23.4. The van der Waals surface area contributed by atoms with Gasteiger partial charge < -0.3 is 19.9 Å². The molecule has 2 bridgehead atoms. The molecule has 4 fully saturated rings. The molecule has 1 N–H and O–H groups in total. The maximum Gasteiger partial charge on any atom is 0.243 e. The minimum absolute atomic E-state index is 0.0389. The smallest absolute Gasteiger partial charge is 0.243 e. The molecular formula is C21H37N5O2. The number of aliphatic imine (C=N–C) groups is 1. The SMILES string of the molecule is CN(C)C(=O)CN=C(NCC1CCCO1)N1CCN(C2CC3CCC2C3)CC1. The monoisotopic (exact) mass is 391 g/mol. The Morgan fingerprint density at radius 1 is 1.14 bits per heavy atom. The topological polar surface area (TPSA) is 60.4 Å². The average molecular weight is 392 g/mol. The molecule has 2 saturated heterocycles. The van der Waals surface area contributed by atoms with Crippen molar-refractivity contribution in [1.82, 2.24) is 20.0 Å². The number of amides is 1. The van der Waals surface area contributed by atoms with Gasteiger partial charge >= 0.3 is 0 Å². The van der Waals surface area contributed by atoms with Crippen molar-refractivity contribution in [1.29, 1.82) is 0 Å². The predicted molar refractivity (Wildman–Crippen MR) is 110 cm³/mol. The van der Waals surface area contributed by atoms with Gasteiger partial charge in [0, 0.05) is 59.5 Å². The first-order valence-corrected chi connectivity index (χ1v) is 11.2. The third-order valence-corrected chi connectivity index (χ3v) is 7.16. The van der Waals surface area contributed by atoms with Crippen molar-refractivity contribution in [3.8, 4) is 0 Å². The quantitative estimate of drug-likeness (QED) is 0.560. The molecule has 2 saturated carbocycles. The highest BCUT2D eigenvalue weighted by atomic mass is 16.5. The molecule has 0 spiro atoms. The number of hydrogen-bond donors (Lipinski definition) is 1. The molecule has 2 aliphatic heterocycles. The Hall–Kier alpha value is -1.34. The zero-order valence-electron chi connectivity index (χ0n) is 17.6. The van der Waals surface area contributed by atoms with Crippen molar-refractivity contribution in [2.45, 2.75) is 50.7 Å². The van der Waals surface area contributed by atoms with Crippen molar-refractivity contribution in [3.63, 3.8) is 0 Å². The summed E-state index contributed by atoms with van der Waals surface area (Å²) >= 11 is 0. The Bertz CT molecular complexity index is 567. The summed E-state index contributed by atoms with van der Waals surface area (Å²) in [5.74, 6) is 2.85. The van der Waals surface area contributed by atoms with Crippen molar-refractivity contribution < 1.29 is 9.53 Å². The van der Waals surface area contributed by atoms with E-state index in [9.17, 15) is 4.79 Å². The first-order chi connectivity index (χ1) is 13.6. The third kappa shape index (κ3) is 4.62. The number of nitrogens with zero attached hydrogens (tertiary/aromatic N) is 4. The number of guanidine groups is 1. The van der Waals surface area contributed by atoms with Crippen molar-refractivity contribution >= 4 is 11.9 Å². The maximum absolute atomic E-state index is 12.0. The molecule has 0 aromatic heterocycles. The van der Waals surface area contributed by atoms with E-state index in [-0.39, 0.29) is 18.6 Å². The highest BCUT2D eigenvalue weighted by Gasteiger charge is 2.42. The number of ether oxygens (including phenoxy) is 1. The standard InChI is InChI=1S/C21H37N5O2/c1-24(2)20(27)15-23-21(22-14-18-4-3-11-28-18)26-9-7-25(8-10-26)19-13-16-5-6-17(19)12-16/h16-19H,3-15H2,1-2H3,(H,22,23). The van der Waals surface area contributed by atoms with Crippen LogP contribution < -0.4 is 5.32 Å². The van der Waals surface area contributed by atoms with E-state index >= 15 is 0 Å². The van der Waals surface area contributed by atoms with Crippen LogP contribution in [0.3, 0.4) is 0 Å². The van der Waals surface area contributed by atoms with Crippen molar-refractivity contribution in [2.75, 3.05) is 60.0 Å². The summed E-state index contributed by atoms with van der Waals surface area (Å²) in [5, 5.41) is 3.50. The molecule has 4 rings (SSSR count). The summed E-state index contributed by atoms with van der Waals surface area (Å²) < 4.78 is 5.75. The summed E-state index contributed by atoms with van der Waals surface area (Å²) in [6, 6.07) is 0.816. The lowest BCUT2D eigenvalue weighted by atomic mass is 9.93. The number of fused-ring (bicyclic) bond motifs is 2. The van der Waals surface area contributed by atoms with Crippen LogP contribution in [0.15, 0.2) is 4.99 Å². The Morgan fingerprint density at radius 3 is 2.57 bits per heavy atom. The van der Waals surface area contributed by atoms with Gasteiger partial charge in [0.1, 0.15) is 6.54 Å². The Morgan fingerprint density at radius 2 is 1.96 bits per heavy atom. The van der Waals surface area contributed by atoms with Crippen LogP contribution in [0.4, 0.5) is 0 Å². The van der Waals surface area contributed by atoms with E-state index in [1.165, 1.54) is 25.7 Å². The second-order valence-electron chi connectivity index (χ2n) is 9.21. The normalized spacial score (nSPS) is 33.5. The highest BCUT2D eigenvalue weighted by molar-refractivity contribution is 5.85. The van der Waals surface area contributed by atoms with Gasteiger partial charge in [-0.1, -0.05) is 6.42 Å². The van der Waals surface area contributed by atoms with Crippen LogP contribution in [-0.2, 0) is 9.53 Å². The molecule has 0 aromatic rings. The van der Waals surface area contributed by atoms with Gasteiger partial charge in [0.2, 0.25) is 5.91 Å². The van der Waals surface area contributed by atoms with E-state index in [4.69, 9.17) is 4.74 Å². The Balaban J connectivity index is 1.32. The minimum atomic E-state index is 0.0389. The number of piperazine rings is 1. The van der Waals surface area contributed by atoms with E-state index < -0.39 is 0 Å². The van der Waals surface area contributed by atoms with E-state index in [1.807, 2.05) is 0 Å². The molecule has 158 valence electrons. The summed E-state index contributed by atoms with van der Waals surface area (Å²) in [7, 11) is 3.57. The van der Waals surface area contributed by atoms with Crippen LogP contribution in [0.5, 0.6) is 0 Å². The molecule has 4 unspecified atom stereocenters. The van der Waals surface area contributed by atoms with E-state index in [0.717, 1.165) is 76.0 Å². The molecule has 0 radical (unpaired) electrons. The molecule has 7 heteroatoms. The van der Waals surface area contributed by atoms with Gasteiger partial charge in [-0.15, -0.1) is 0 Å². The third-order valence-electron chi connectivity index (χ3n) is 7.16. The maximum atomic E-state index is 12.0. The zero-order valence-corrected chi connectivity index (χ0v) is 17.6. The van der Waals surface area contributed by atoms with E-state index in [1.54, 1.807) is 19.0 Å². The molecular weight excluding hydrogens is 354 g/mol. The van der Waals surface area contributed by atoms with Gasteiger partial charge in [0.05, 0.1) is 6.10 Å². The molecule has 28 heavy (non-hydrogen) atoms. The average Bonchev–Trinajstić information content (AvgIpc) is 3.46. The number of likely N-dealkylation sites (N-methyl/N-ethyl adjacent to an activating group) is 1. The van der Waals surface area contributed by atoms with Crippen molar-refractivity contribution in [3.05, 3.63) is 0 Å². The molecule has 2 heterocycles. The van der Waals surface area contributed by atoms with Crippen LogP contribution in [0.25, 0.3) is 0 Å². The van der Waals surface area contributed by atoms with Gasteiger partial charge in [-0.05, 0) is 43.9 Å². The van der Waals surface area contributed by atoms with Crippen LogP contribution >= 0.6 is 0 Å². The Kier molecular flexibility index (Phi) is 6.41. The number of nitrogens with one attached hydrogen (secondary N) is 1. The first-order valence-electron chi connectivity index (χ1n) is 11.2. The molecule has 1 amide bonds. The number of carbonyl (C=O) groups is 1.